The molecule has 1 N–H and O–H groups in total. The minimum atomic E-state index is 0.139. The highest BCUT2D eigenvalue weighted by molar-refractivity contribution is 7.98. The fraction of sp³-hybridized carbons (Fsp3) is 0.316. The van der Waals surface area contributed by atoms with E-state index in [0.29, 0.717) is 6.42 Å². The molecule has 2 aromatic carbocycles. The SMILES string of the molecule is Cc1ccccc1CSCCNC(=O)CCc1ccccc1. The first-order chi connectivity index (χ1) is 10.8. The van der Waals surface area contributed by atoms with Crippen molar-refractivity contribution in [3.63, 3.8) is 0 Å². The minimum absolute atomic E-state index is 0.139. The van der Waals surface area contributed by atoms with Crippen molar-refractivity contribution in [2.75, 3.05) is 12.3 Å². The molecule has 0 heterocycles. The number of carbonyl (C=O) groups is 1. The number of hydrogen-bond acceptors (Lipinski definition) is 2. The molecule has 0 saturated carbocycles. The van der Waals surface area contributed by atoms with Gasteiger partial charge in [0.25, 0.3) is 0 Å². The van der Waals surface area contributed by atoms with Gasteiger partial charge in [-0.3, -0.25) is 4.79 Å². The Morgan fingerprint density at radius 1 is 1.05 bits per heavy atom. The molecule has 3 heteroatoms. The Morgan fingerprint density at radius 2 is 1.77 bits per heavy atom. The van der Waals surface area contributed by atoms with E-state index in [0.717, 1.165) is 24.5 Å². The molecule has 0 fully saturated rings. The van der Waals surface area contributed by atoms with Crippen molar-refractivity contribution in [3.05, 3.63) is 71.3 Å². The fourth-order valence-corrected chi connectivity index (χ4v) is 3.14. The van der Waals surface area contributed by atoms with E-state index < -0.39 is 0 Å². The molecule has 116 valence electrons. The summed E-state index contributed by atoms with van der Waals surface area (Å²) >= 11 is 1.86. The minimum Gasteiger partial charge on any atom is -0.355 e. The first kappa shape index (κ1) is 16.6. The number of nitrogens with one attached hydrogen (secondary N) is 1. The van der Waals surface area contributed by atoms with Gasteiger partial charge in [0, 0.05) is 24.5 Å². The van der Waals surface area contributed by atoms with Crippen molar-refractivity contribution < 1.29 is 4.79 Å². The second-order valence-electron chi connectivity index (χ2n) is 5.31. The van der Waals surface area contributed by atoms with E-state index in [1.807, 2.05) is 30.0 Å². The van der Waals surface area contributed by atoms with Crippen LogP contribution < -0.4 is 5.32 Å². The monoisotopic (exact) mass is 313 g/mol. The summed E-state index contributed by atoms with van der Waals surface area (Å²) in [7, 11) is 0. The summed E-state index contributed by atoms with van der Waals surface area (Å²) in [5.41, 5.74) is 3.93. The molecule has 0 saturated heterocycles. The van der Waals surface area contributed by atoms with Gasteiger partial charge in [0.2, 0.25) is 5.91 Å². The van der Waals surface area contributed by atoms with Gasteiger partial charge >= 0.3 is 0 Å². The van der Waals surface area contributed by atoms with Crippen LogP contribution in [0, 0.1) is 6.92 Å². The third-order valence-corrected chi connectivity index (χ3v) is 4.58. The highest BCUT2D eigenvalue weighted by Crippen LogP contribution is 2.15. The molecule has 0 bridgehead atoms. The number of carbonyl (C=O) groups excluding carboxylic acids is 1. The zero-order valence-corrected chi connectivity index (χ0v) is 13.9. The summed E-state index contributed by atoms with van der Waals surface area (Å²) in [6, 6.07) is 18.6. The number of amides is 1. The average Bonchev–Trinajstić information content (AvgIpc) is 2.55. The lowest BCUT2D eigenvalue weighted by atomic mass is 10.1. The highest BCUT2D eigenvalue weighted by atomic mass is 32.2. The molecule has 1 amide bonds. The van der Waals surface area contributed by atoms with Crippen LogP contribution >= 0.6 is 11.8 Å². The van der Waals surface area contributed by atoms with E-state index in [1.165, 1.54) is 16.7 Å². The van der Waals surface area contributed by atoms with Gasteiger partial charge in [0.1, 0.15) is 0 Å². The molecule has 0 aliphatic heterocycles. The Hall–Kier alpha value is -1.74. The first-order valence-corrected chi connectivity index (χ1v) is 8.84. The lowest BCUT2D eigenvalue weighted by Gasteiger charge is -2.07. The largest absolute Gasteiger partial charge is 0.355 e. The van der Waals surface area contributed by atoms with Gasteiger partial charge < -0.3 is 5.32 Å². The Balaban J connectivity index is 1.57. The van der Waals surface area contributed by atoms with Crippen LogP contribution in [0.4, 0.5) is 0 Å². The highest BCUT2D eigenvalue weighted by Gasteiger charge is 2.02. The molecule has 0 radical (unpaired) electrons. The summed E-state index contributed by atoms with van der Waals surface area (Å²) in [5, 5.41) is 2.99. The molecule has 2 aromatic rings. The van der Waals surface area contributed by atoms with E-state index in [1.54, 1.807) is 0 Å². The van der Waals surface area contributed by atoms with Crippen LogP contribution in [-0.4, -0.2) is 18.2 Å². The second-order valence-corrected chi connectivity index (χ2v) is 6.42. The van der Waals surface area contributed by atoms with Crippen molar-refractivity contribution in [2.24, 2.45) is 0 Å². The summed E-state index contributed by atoms with van der Waals surface area (Å²) < 4.78 is 0. The van der Waals surface area contributed by atoms with Gasteiger partial charge in [-0.2, -0.15) is 11.8 Å². The number of thioether (sulfide) groups is 1. The Morgan fingerprint density at radius 3 is 2.55 bits per heavy atom. The molecule has 0 unspecified atom stereocenters. The maximum Gasteiger partial charge on any atom is 0.220 e. The van der Waals surface area contributed by atoms with E-state index in [4.69, 9.17) is 0 Å². The molecular formula is C19H23NOS. The van der Waals surface area contributed by atoms with Crippen LogP contribution in [0.5, 0.6) is 0 Å². The van der Waals surface area contributed by atoms with Crippen LogP contribution in [-0.2, 0) is 17.0 Å². The van der Waals surface area contributed by atoms with Crippen LogP contribution in [0.3, 0.4) is 0 Å². The molecule has 2 rings (SSSR count). The maximum absolute atomic E-state index is 11.8. The van der Waals surface area contributed by atoms with E-state index >= 15 is 0 Å². The van der Waals surface area contributed by atoms with Crippen LogP contribution in [0.15, 0.2) is 54.6 Å². The topological polar surface area (TPSA) is 29.1 Å². The molecule has 2 nitrogen and oxygen atoms in total. The van der Waals surface area contributed by atoms with Crippen LogP contribution in [0.25, 0.3) is 0 Å². The van der Waals surface area contributed by atoms with Crippen LogP contribution in [0.2, 0.25) is 0 Å². The maximum atomic E-state index is 11.8. The molecular weight excluding hydrogens is 290 g/mol. The van der Waals surface area contributed by atoms with Gasteiger partial charge in [-0.1, -0.05) is 54.6 Å². The van der Waals surface area contributed by atoms with Gasteiger partial charge in [0.15, 0.2) is 0 Å². The Kier molecular flexibility index (Phi) is 7.04. The smallest absolute Gasteiger partial charge is 0.220 e. The number of benzene rings is 2. The van der Waals surface area contributed by atoms with Gasteiger partial charge in [0.05, 0.1) is 0 Å². The normalized spacial score (nSPS) is 10.4. The van der Waals surface area contributed by atoms with Crippen molar-refractivity contribution in [1.29, 1.82) is 0 Å². The molecule has 22 heavy (non-hydrogen) atoms. The summed E-state index contributed by atoms with van der Waals surface area (Å²) in [5.74, 6) is 2.10. The van der Waals surface area contributed by atoms with Gasteiger partial charge in [-0.05, 0) is 30.0 Å². The summed E-state index contributed by atoms with van der Waals surface area (Å²) in [6.07, 6.45) is 1.37. The molecule has 0 aromatic heterocycles. The van der Waals surface area contributed by atoms with Crippen molar-refractivity contribution in [1.82, 2.24) is 5.32 Å². The average molecular weight is 313 g/mol. The quantitative estimate of drug-likeness (QED) is 0.747. The van der Waals surface area contributed by atoms with Crippen molar-refractivity contribution in [2.45, 2.75) is 25.5 Å². The second kappa shape index (κ2) is 9.31. The summed E-state index contributed by atoms with van der Waals surface area (Å²) in [6.45, 7) is 2.88. The first-order valence-electron chi connectivity index (χ1n) is 7.68. The Bertz CT molecular complexity index is 583. The van der Waals surface area contributed by atoms with Gasteiger partial charge in [-0.15, -0.1) is 0 Å². The van der Waals surface area contributed by atoms with E-state index in [2.05, 4.69) is 48.6 Å². The molecule has 0 aliphatic carbocycles. The lowest BCUT2D eigenvalue weighted by molar-refractivity contribution is -0.120. The molecule has 0 atom stereocenters. The standard InChI is InChI=1S/C19H23NOS/c1-16-7-5-6-10-18(16)15-22-14-13-20-19(21)12-11-17-8-3-2-4-9-17/h2-10H,11-15H2,1H3,(H,20,21). The zero-order valence-electron chi connectivity index (χ0n) is 13.0. The van der Waals surface area contributed by atoms with E-state index in [-0.39, 0.29) is 5.91 Å². The number of hydrogen-bond donors (Lipinski definition) is 1. The third-order valence-electron chi connectivity index (χ3n) is 3.57. The van der Waals surface area contributed by atoms with Gasteiger partial charge in [-0.25, -0.2) is 0 Å². The number of aryl methyl sites for hydroxylation is 2. The third kappa shape index (κ3) is 5.94. The lowest BCUT2D eigenvalue weighted by Crippen LogP contribution is -2.25. The van der Waals surface area contributed by atoms with Crippen molar-refractivity contribution in [3.8, 4) is 0 Å². The fourth-order valence-electron chi connectivity index (χ4n) is 2.21. The molecule has 0 spiro atoms. The van der Waals surface area contributed by atoms with Crippen LogP contribution in [0.1, 0.15) is 23.1 Å². The Labute approximate surface area is 137 Å². The van der Waals surface area contributed by atoms with E-state index in [9.17, 15) is 4.79 Å². The van der Waals surface area contributed by atoms with Crippen molar-refractivity contribution >= 4 is 17.7 Å². The predicted octanol–water partition coefficient (Wildman–Crippen LogP) is 3.98. The molecule has 0 aliphatic rings. The predicted molar refractivity (Wildman–Crippen MR) is 95.1 cm³/mol. The summed E-state index contributed by atoms with van der Waals surface area (Å²) in [4.78, 5) is 11.8. The zero-order chi connectivity index (χ0) is 15.6. The number of rotatable bonds is 8.